The van der Waals surface area contributed by atoms with Crippen LogP contribution in [0.1, 0.15) is 11.6 Å². The van der Waals surface area contributed by atoms with Crippen molar-refractivity contribution in [3.05, 3.63) is 63.7 Å². The third kappa shape index (κ3) is 3.22. The standard InChI is InChI=1S/C14H12INO2/c15-11-6-8-12(9-7-11)16-13(14(17)18)10-4-2-1-3-5-10/h1-9,13,16H,(H,17,18). The minimum atomic E-state index is -0.889. The van der Waals surface area contributed by atoms with Crippen LogP contribution in [0.4, 0.5) is 5.69 Å². The van der Waals surface area contributed by atoms with Gasteiger partial charge in [-0.05, 0) is 52.4 Å². The van der Waals surface area contributed by atoms with Crippen molar-refractivity contribution in [2.24, 2.45) is 0 Å². The van der Waals surface area contributed by atoms with Crippen LogP contribution in [-0.2, 0) is 4.79 Å². The molecule has 0 amide bonds. The fourth-order valence-electron chi connectivity index (χ4n) is 1.65. The van der Waals surface area contributed by atoms with Gasteiger partial charge in [0, 0.05) is 9.26 Å². The average molecular weight is 353 g/mol. The summed E-state index contributed by atoms with van der Waals surface area (Å²) in [6.45, 7) is 0. The van der Waals surface area contributed by atoms with Crippen LogP contribution >= 0.6 is 22.6 Å². The van der Waals surface area contributed by atoms with Crippen molar-refractivity contribution >= 4 is 34.2 Å². The molecule has 18 heavy (non-hydrogen) atoms. The zero-order valence-corrected chi connectivity index (χ0v) is 11.7. The first-order valence-electron chi connectivity index (χ1n) is 5.46. The zero-order chi connectivity index (χ0) is 13.0. The van der Waals surface area contributed by atoms with Gasteiger partial charge in [-0.2, -0.15) is 0 Å². The van der Waals surface area contributed by atoms with Crippen molar-refractivity contribution in [3.63, 3.8) is 0 Å². The van der Waals surface area contributed by atoms with Crippen molar-refractivity contribution in [3.8, 4) is 0 Å². The second kappa shape index (κ2) is 5.86. The summed E-state index contributed by atoms with van der Waals surface area (Å²) in [4.78, 5) is 11.3. The third-order valence-corrected chi connectivity index (χ3v) is 3.25. The Balaban J connectivity index is 2.22. The molecule has 2 N–H and O–H groups in total. The van der Waals surface area contributed by atoms with Gasteiger partial charge in [-0.3, -0.25) is 0 Å². The molecule has 3 nitrogen and oxygen atoms in total. The Morgan fingerprint density at radius 2 is 1.67 bits per heavy atom. The maximum absolute atomic E-state index is 11.3. The Kier molecular flexibility index (Phi) is 4.19. The van der Waals surface area contributed by atoms with Gasteiger partial charge in [0.25, 0.3) is 0 Å². The predicted molar refractivity (Wildman–Crippen MR) is 79.6 cm³/mol. The topological polar surface area (TPSA) is 49.3 Å². The molecule has 0 aromatic heterocycles. The molecule has 4 heteroatoms. The van der Waals surface area contributed by atoms with Crippen LogP contribution in [0.3, 0.4) is 0 Å². The highest BCUT2D eigenvalue weighted by Crippen LogP contribution is 2.20. The second-order valence-electron chi connectivity index (χ2n) is 3.83. The lowest BCUT2D eigenvalue weighted by Crippen LogP contribution is -2.20. The molecule has 0 saturated heterocycles. The summed E-state index contributed by atoms with van der Waals surface area (Å²) in [7, 11) is 0. The number of hydrogen-bond acceptors (Lipinski definition) is 2. The Morgan fingerprint density at radius 3 is 2.22 bits per heavy atom. The number of rotatable bonds is 4. The minimum absolute atomic E-state index is 0.730. The van der Waals surface area contributed by atoms with E-state index in [2.05, 4.69) is 27.9 Å². The van der Waals surface area contributed by atoms with Gasteiger partial charge in [-0.1, -0.05) is 30.3 Å². The summed E-state index contributed by atoms with van der Waals surface area (Å²) in [6, 6.07) is 16.0. The maximum atomic E-state index is 11.3. The van der Waals surface area contributed by atoms with E-state index in [0.29, 0.717) is 0 Å². The molecule has 1 atom stereocenters. The largest absolute Gasteiger partial charge is 0.479 e. The van der Waals surface area contributed by atoms with E-state index in [-0.39, 0.29) is 0 Å². The van der Waals surface area contributed by atoms with Crippen LogP contribution in [0.15, 0.2) is 54.6 Å². The first-order valence-corrected chi connectivity index (χ1v) is 6.54. The summed E-state index contributed by atoms with van der Waals surface area (Å²) >= 11 is 2.21. The van der Waals surface area contributed by atoms with E-state index in [0.717, 1.165) is 14.8 Å². The van der Waals surface area contributed by atoms with Crippen molar-refractivity contribution < 1.29 is 9.90 Å². The number of nitrogens with one attached hydrogen (secondary N) is 1. The van der Waals surface area contributed by atoms with Crippen molar-refractivity contribution in [2.75, 3.05) is 5.32 Å². The third-order valence-electron chi connectivity index (χ3n) is 2.54. The molecule has 0 heterocycles. The summed E-state index contributed by atoms with van der Waals surface area (Å²) in [6.07, 6.45) is 0. The normalized spacial score (nSPS) is 11.8. The van der Waals surface area contributed by atoms with Crippen LogP contribution in [-0.4, -0.2) is 11.1 Å². The summed E-state index contributed by atoms with van der Waals surface area (Å²) in [5.74, 6) is -0.889. The fourth-order valence-corrected chi connectivity index (χ4v) is 2.01. The molecule has 0 aliphatic carbocycles. The first-order chi connectivity index (χ1) is 8.66. The summed E-state index contributed by atoms with van der Waals surface area (Å²) in [5.41, 5.74) is 1.54. The molecular weight excluding hydrogens is 341 g/mol. The highest BCUT2D eigenvalue weighted by molar-refractivity contribution is 14.1. The number of halogens is 1. The molecule has 0 aliphatic heterocycles. The predicted octanol–water partition coefficient (Wildman–Crippen LogP) is 3.53. The van der Waals surface area contributed by atoms with Gasteiger partial charge in [-0.25, -0.2) is 4.79 Å². The van der Waals surface area contributed by atoms with Gasteiger partial charge in [0.15, 0.2) is 6.04 Å². The van der Waals surface area contributed by atoms with Gasteiger partial charge >= 0.3 is 5.97 Å². The van der Waals surface area contributed by atoms with Gasteiger partial charge in [0.1, 0.15) is 0 Å². The molecule has 0 aliphatic rings. The van der Waals surface area contributed by atoms with Crippen molar-refractivity contribution in [1.82, 2.24) is 0 Å². The Labute approximate surface area is 119 Å². The molecule has 92 valence electrons. The number of carboxylic acid groups (broad SMARTS) is 1. The van der Waals surface area contributed by atoms with Crippen LogP contribution in [0.5, 0.6) is 0 Å². The smallest absolute Gasteiger partial charge is 0.330 e. The van der Waals surface area contributed by atoms with E-state index in [9.17, 15) is 9.90 Å². The van der Waals surface area contributed by atoms with Crippen molar-refractivity contribution in [1.29, 1.82) is 0 Å². The van der Waals surface area contributed by atoms with Gasteiger partial charge < -0.3 is 10.4 Å². The Bertz CT molecular complexity index is 525. The molecule has 1 unspecified atom stereocenters. The van der Waals surface area contributed by atoms with E-state index < -0.39 is 12.0 Å². The van der Waals surface area contributed by atoms with E-state index in [1.54, 1.807) is 12.1 Å². The van der Waals surface area contributed by atoms with Gasteiger partial charge in [0.05, 0.1) is 0 Å². The lowest BCUT2D eigenvalue weighted by Gasteiger charge is -2.16. The molecule has 0 radical (unpaired) electrons. The number of anilines is 1. The van der Waals surface area contributed by atoms with Crippen molar-refractivity contribution in [2.45, 2.75) is 6.04 Å². The first kappa shape index (κ1) is 12.9. The molecule has 2 aromatic carbocycles. The van der Waals surface area contributed by atoms with E-state index in [1.165, 1.54) is 0 Å². The molecule has 0 saturated carbocycles. The second-order valence-corrected chi connectivity index (χ2v) is 5.08. The van der Waals surface area contributed by atoms with Gasteiger partial charge in [-0.15, -0.1) is 0 Å². The Hall–Kier alpha value is -1.56. The molecular formula is C14H12INO2. The monoisotopic (exact) mass is 353 g/mol. The van der Waals surface area contributed by atoms with E-state index >= 15 is 0 Å². The molecule has 0 bridgehead atoms. The van der Waals surface area contributed by atoms with Crippen LogP contribution in [0, 0.1) is 3.57 Å². The van der Waals surface area contributed by atoms with E-state index in [4.69, 9.17) is 0 Å². The number of hydrogen-bond donors (Lipinski definition) is 2. The highest BCUT2D eigenvalue weighted by atomic mass is 127. The quantitative estimate of drug-likeness (QED) is 0.827. The highest BCUT2D eigenvalue weighted by Gasteiger charge is 2.18. The summed E-state index contributed by atoms with van der Waals surface area (Å²) < 4.78 is 1.12. The lowest BCUT2D eigenvalue weighted by atomic mass is 10.1. The molecule has 0 spiro atoms. The average Bonchev–Trinajstić information content (AvgIpc) is 2.38. The molecule has 2 rings (SSSR count). The van der Waals surface area contributed by atoms with Crippen LogP contribution in [0.25, 0.3) is 0 Å². The fraction of sp³-hybridized carbons (Fsp3) is 0.0714. The number of aliphatic carboxylic acids is 1. The number of carboxylic acids is 1. The Morgan fingerprint density at radius 1 is 1.06 bits per heavy atom. The SMILES string of the molecule is O=C(O)C(Nc1ccc(I)cc1)c1ccccc1. The molecule has 0 fully saturated rings. The number of benzene rings is 2. The minimum Gasteiger partial charge on any atom is -0.479 e. The zero-order valence-electron chi connectivity index (χ0n) is 9.51. The van der Waals surface area contributed by atoms with Crippen LogP contribution < -0.4 is 5.32 Å². The van der Waals surface area contributed by atoms with E-state index in [1.807, 2.05) is 42.5 Å². The lowest BCUT2D eigenvalue weighted by molar-refractivity contribution is -0.138. The molecule has 2 aromatic rings. The summed E-state index contributed by atoms with van der Waals surface area (Å²) in [5, 5.41) is 12.3. The maximum Gasteiger partial charge on any atom is 0.330 e. The van der Waals surface area contributed by atoms with Crippen LogP contribution in [0.2, 0.25) is 0 Å². The number of carbonyl (C=O) groups is 1. The van der Waals surface area contributed by atoms with Gasteiger partial charge in [0.2, 0.25) is 0 Å².